The minimum absolute atomic E-state index is 0.645. The van der Waals surface area contributed by atoms with Gasteiger partial charge in [-0.3, -0.25) is 0 Å². The van der Waals surface area contributed by atoms with E-state index in [1.54, 1.807) is 7.11 Å². The van der Waals surface area contributed by atoms with Crippen LogP contribution in [0.1, 0.15) is 12.8 Å². The number of nitrogens with zero attached hydrogens (tertiary/aromatic N) is 1. The van der Waals surface area contributed by atoms with E-state index < -0.39 is 0 Å². The fourth-order valence-corrected chi connectivity index (χ4v) is 1.84. The molecule has 0 amide bonds. The summed E-state index contributed by atoms with van der Waals surface area (Å²) in [7, 11) is 1.72. The minimum atomic E-state index is 0.645. The third-order valence-electron chi connectivity index (χ3n) is 2.93. The Morgan fingerprint density at radius 2 is 2.06 bits per heavy atom. The first-order valence-corrected chi connectivity index (χ1v) is 5.63. The second kappa shape index (κ2) is 4.61. The molecule has 0 unspecified atom stereocenters. The maximum atomic E-state index is 5.82. The molecule has 1 aromatic carbocycles. The van der Waals surface area contributed by atoms with Crippen LogP contribution in [0, 0.1) is 0 Å². The number of hydrogen-bond acceptors (Lipinski definition) is 4. The Kier molecular flexibility index (Phi) is 3.19. The average molecular weight is 221 g/mol. The Morgan fingerprint density at radius 3 is 2.62 bits per heavy atom. The lowest BCUT2D eigenvalue weighted by molar-refractivity contribution is 0.205. The van der Waals surface area contributed by atoms with E-state index in [0.717, 1.165) is 18.8 Å². The van der Waals surface area contributed by atoms with Crippen molar-refractivity contribution in [2.45, 2.75) is 18.9 Å². The molecule has 2 rings (SSSR count). The van der Waals surface area contributed by atoms with Gasteiger partial charge in [-0.25, -0.2) is 0 Å². The molecule has 1 aromatic rings. The van der Waals surface area contributed by atoms with Crippen molar-refractivity contribution in [3.8, 4) is 0 Å². The van der Waals surface area contributed by atoms with Crippen LogP contribution in [0.5, 0.6) is 0 Å². The van der Waals surface area contributed by atoms with Gasteiger partial charge < -0.3 is 21.1 Å². The van der Waals surface area contributed by atoms with E-state index in [9.17, 15) is 0 Å². The number of hydrogen-bond donors (Lipinski definition) is 2. The molecule has 0 saturated heterocycles. The van der Waals surface area contributed by atoms with Gasteiger partial charge in [0.15, 0.2) is 0 Å². The van der Waals surface area contributed by atoms with E-state index in [0.29, 0.717) is 17.4 Å². The van der Waals surface area contributed by atoms with Gasteiger partial charge in [0, 0.05) is 25.4 Å². The van der Waals surface area contributed by atoms with E-state index in [1.807, 2.05) is 18.2 Å². The molecule has 1 aliphatic carbocycles. The zero-order valence-corrected chi connectivity index (χ0v) is 9.65. The smallest absolute Gasteiger partial charge is 0.0637 e. The Labute approximate surface area is 96.2 Å². The summed E-state index contributed by atoms with van der Waals surface area (Å²) in [5.74, 6) is 0. The molecular formula is C12H19N3O. The van der Waals surface area contributed by atoms with Gasteiger partial charge in [-0.1, -0.05) is 0 Å². The van der Waals surface area contributed by atoms with Crippen molar-refractivity contribution in [2.75, 3.05) is 36.6 Å². The molecule has 4 N–H and O–H groups in total. The molecule has 4 heteroatoms. The first-order chi connectivity index (χ1) is 7.72. The van der Waals surface area contributed by atoms with Crippen molar-refractivity contribution in [3.63, 3.8) is 0 Å². The molecule has 0 atom stereocenters. The van der Waals surface area contributed by atoms with Crippen LogP contribution >= 0.6 is 0 Å². The lowest BCUT2D eigenvalue weighted by atomic mass is 10.2. The first kappa shape index (κ1) is 11.1. The van der Waals surface area contributed by atoms with E-state index in [1.165, 1.54) is 12.8 Å². The maximum absolute atomic E-state index is 5.82. The van der Waals surface area contributed by atoms with Crippen LogP contribution in [-0.2, 0) is 4.74 Å². The number of methoxy groups -OCH3 is 1. The summed E-state index contributed by atoms with van der Waals surface area (Å²) in [6, 6.07) is 6.49. The summed E-state index contributed by atoms with van der Waals surface area (Å²) in [4.78, 5) is 2.35. The second-order valence-electron chi connectivity index (χ2n) is 4.23. The van der Waals surface area contributed by atoms with Crippen molar-refractivity contribution in [1.29, 1.82) is 0 Å². The summed E-state index contributed by atoms with van der Waals surface area (Å²) in [6.45, 7) is 1.64. The largest absolute Gasteiger partial charge is 0.397 e. The fourth-order valence-electron chi connectivity index (χ4n) is 1.84. The van der Waals surface area contributed by atoms with Crippen molar-refractivity contribution in [2.24, 2.45) is 0 Å². The van der Waals surface area contributed by atoms with Crippen LogP contribution < -0.4 is 16.4 Å². The van der Waals surface area contributed by atoms with Crippen LogP contribution in [0.3, 0.4) is 0 Å². The number of ether oxygens (including phenoxy) is 1. The number of rotatable bonds is 5. The van der Waals surface area contributed by atoms with E-state index in [-0.39, 0.29) is 0 Å². The van der Waals surface area contributed by atoms with Gasteiger partial charge in [0.05, 0.1) is 18.0 Å². The molecule has 4 nitrogen and oxygen atoms in total. The van der Waals surface area contributed by atoms with Gasteiger partial charge in [-0.2, -0.15) is 0 Å². The van der Waals surface area contributed by atoms with Gasteiger partial charge in [0.25, 0.3) is 0 Å². The lowest BCUT2D eigenvalue weighted by Gasteiger charge is -2.24. The molecule has 0 aliphatic heterocycles. The predicted octanol–water partition coefficient (Wildman–Crippen LogP) is 1.47. The Morgan fingerprint density at radius 1 is 1.31 bits per heavy atom. The van der Waals surface area contributed by atoms with Crippen molar-refractivity contribution >= 4 is 17.1 Å². The third kappa shape index (κ3) is 2.39. The quantitative estimate of drug-likeness (QED) is 0.739. The fraction of sp³-hybridized carbons (Fsp3) is 0.500. The van der Waals surface area contributed by atoms with Gasteiger partial charge >= 0.3 is 0 Å². The Balaban J connectivity index is 2.14. The highest BCUT2D eigenvalue weighted by Gasteiger charge is 2.29. The average Bonchev–Trinajstić information content (AvgIpc) is 3.08. The van der Waals surface area contributed by atoms with Gasteiger partial charge in [-0.15, -0.1) is 0 Å². The van der Waals surface area contributed by atoms with Crippen LogP contribution in [-0.4, -0.2) is 26.3 Å². The zero-order chi connectivity index (χ0) is 11.5. The van der Waals surface area contributed by atoms with Crippen LogP contribution in [0.15, 0.2) is 18.2 Å². The monoisotopic (exact) mass is 221 g/mol. The molecule has 0 heterocycles. The van der Waals surface area contributed by atoms with Crippen LogP contribution in [0.25, 0.3) is 0 Å². The second-order valence-corrected chi connectivity index (χ2v) is 4.23. The molecule has 1 saturated carbocycles. The van der Waals surface area contributed by atoms with Crippen molar-refractivity contribution < 1.29 is 4.74 Å². The minimum Gasteiger partial charge on any atom is -0.397 e. The SMILES string of the molecule is COCCN(c1ccc(N)c(N)c1)C1CC1. The highest BCUT2D eigenvalue weighted by molar-refractivity contribution is 5.70. The summed E-state index contributed by atoms with van der Waals surface area (Å²) >= 11 is 0. The predicted molar refractivity (Wildman–Crippen MR) is 67.5 cm³/mol. The first-order valence-electron chi connectivity index (χ1n) is 5.63. The number of anilines is 3. The molecule has 0 bridgehead atoms. The lowest BCUT2D eigenvalue weighted by Crippen LogP contribution is -2.29. The van der Waals surface area contributed by atoms with Crippen LogP contribution in [0.2, 0.25) is 0 Å². The molecule has 0 spiro atoms. The summed E-state index contributed by atoms with van der Waals surface area (Å²) in [5.41, 5.74) is 14.0. The number of nitrogen functional groups attached to an aromatic ring is 2. The molecule has 16 heavy (non-hydrogen) atoms. The molecular weight excluding hydrogens is 202 g/mol. The molecule has 1 aliphatic rings. The van der Waals surface area contributed by atoms with Gasteiger partial charge in [-0.05, 0) is 31.0 Å². The summed E-state index contributed by atoms with van der Waals surface area (Å²) in [6.07, 6.45) is 2.52. The molecule has 1 fully saturated rings. The van der Waals surface area contributed by atoms with Crippen molar-refractivity contribution in [1.82, 2.24) is 0 Å². The summed E-state index contributed by atoms with van der Waals surface area (Å²) in [5, 5.41) is 0. The maximum Gasteiger partial charge on any atom is 0.0637 e. The van der Waals surface area contributed by atoms with Crippen molar-refractivity contribution in [3.05, 3.63) is 18.2 Å². The standard InChI is InChI=1S/C12H19N3O/c1-16-7-6-15(9-2-3-9)10-4-5-11(13)12(14)8-10/h4-5,8-9H,2-3,6-7,13-14H2,1H3. The summed E-state index contributed by atoms with van der Waals surface area (Å²) < 4.78 is 5.13. The highest BCUT2D eigenvalue weighted by atomic mass is 16.5. The molecule has 0 aromatic heterocycles. The van der Waals surface area contributed by atoms with E-state index in [4.69, 9.17) is 16.2 Å². The Hall–Kier alpha value is -1.42. The molecule has 0 radical (unpaired) electrons. The van der Waals surface area contributed by atoms with Gasteiger partial charge in [0.1, 0.15) is 0 Å². The number of nitrogens with two attached hydrogens (primary N) is 2. The Bertz CT molecular complexity index is 363. The van der Waals surface area contributed by atoms with Crippen LogP contribution in [0.4, 0.5) is 17.1 Å². The zero-order valence-electron chi connectivity index (χ0n) is 9.65. The third-order valence-corrected chi connectivity index (χ3v) is 2.93. The van der Waals surface area contributed by atoms with E-state index in [2.05, 4.69) is 4.90 Å². The number of benzene rings is 1. The normalized spacial score (nSPS) is 15.1. The van der Waals surface area contributed by atoms with Gasteiger partial charge in [0.2, 0.25) is 0 Å². The topological polar surface area (TPSA) is 64.5 Å². The molecule has 88 valence electrons. The van der Waals surface area contributed by atoms with E-state index >= 15 is 0 Å². The highest BCUT2D eigenvalue weighted by Crippen LogP contribution is 2.33.